The first kappa shape index (κ1) is 72.7. The molecule has 0 rings (SSSR count). The molecule has 0 aromatic heterocycles. The Morgan fingerprint density at radius 2 is 0.813 bits per heavy atom. The Labute approximate surface area is 464 Å². The first-order valence-corrected chi connectivity index (χ1v) is 33.1. The van der Waals surface area contributed by atoms with Crippen molar-refractivity contribution in [1.29, 1.82) is 0 Å². The summed E-state index contributed by atoms with van der Waals surface area (Å²) in [7, 11) is 1.18. The molecule has 1 N–H and O–H groups in total. The summed E-state index contributed by atoms with van der Waals surface area (Å²) in [5.74, 6) is -0.549. The summed E-state index contributed by atoms with van der Waals surface area (Å²) in [6.45, 7) is 6.81. The van der Waals surface area contributed by atoms with Gasteiger partial charge in [0, 0.05) is 12.8 Å². The second kappa shape index (κ2) is 55.0. The third-order valence-electron chi connectivity index (χ3n) is 13.9. The topological polar surface area (TPSA) is 114 Å². The van der Waals surface area contributed by atoms with Crippen LogP contribution >= 0.6 is 7.82 Å². The number of phosphoric acid groups is 1. The lowest BCUT2D eigenvalue weighted by atomic mass is 10.0. The smallest absolute Gasteiger partial charge is 0.306 e. The average molecular weight is 1070 g/mol. The summed E-state index contributed by atoms with van der Waals surface area (Å²) in [6.07, 6.45) is 68.9. The van der Waals surface area contributed by atoms with E-state index in [2.05, 4.69) is 74.7 Å². The lowest BCUT2D eigenvalue weighted by Crippen LogP contribution is -2.47. The largest absolute Gasteiger partial charge is 0.756 e. The van der Waals surface area contributed by atoms with Crippen molar-refractivity contribution in [3.05, 3.63) is 60.8 Å². The van der Waals surface area contributed by atoms with E-state index in [4.69, 9.17) is 13.8 Å². The van der Waals surface area contributed by atoms with Crippen LogP contribution in [0, 0.1) is 0 Å². The van der Waals surface area contributed by atoms with Crippen molar-refractivity contribution >= 4 is 19.7 Å². The van der Waals surface area contributed by atoms with E-state index in [0.29, 0.717) is 17.4 Å². The molecule has 0 aromatic carbocycles. The van der Waals surface area contributed by atoms with E-state index >= 15 is 0 Å². The predicted molar refractivity (Wildman–Crippen MR) is 321 cm³/mol. The van der Waals surface area contributed by atoms with Crippen LogP contribution < -0.4 is 10.2 Å². The molecule has 0 aliphatic carbocycles. The quantitative estimate of drug-likeness (QED) is 0.0212. The highest BCUT2D eigenvalue weighted by atomic mass is 31.2. The Morgan fingerprint density at radius 1 is 0.467 bits per heavy atom. The summed E-state index contributed by atoms with van der Waals surface area (Å²) in [4.78, 5) is 40.0. The minimum atomic E-state index is -4.70. The summed E-state index contributed by atoms with van der Waals surface area (Å²) in [5, 5.41) is 3.03. The van der Waals surface area contributed by atoms with Gasteiger partial charge in [-0.3, -0.25) is 14.2 Å². The van der Waals surface area contributed by atoms with Crippen LogP contribution in [0.25, 0.3) is 0 Å². The zero-order chi connectivity index (χ0) is 55.0. The summed E-state index contributed by atoms with van der Waals surface area (Å²) in [5.41, 5.74) is 0. The molecular weight excluding hydrogens is 952 g/mol. The molecule has 0 fully saturated rings. The van der Waals surface area contributed by atoms with Crippen molar-refractivity contribution in [3.8, 4) is 0 Å². The molecule has 3 atom stereocenters. The molecule has 0 spiro atoms. The Morgan fingerprint density at radius 3 is 1.23 bits per heavy atom. The number of hydrogen-bond donors (Lipinski definition) is 1. The predicted octanol–water partition coefficient (Wildman–Crippen LogP) is 18.8. The highest BCUT2D eigenvalue weighted by molar-refractivity contribution is 7.45. The van der Waals surface area contributed by atoms with E-state index in [1.807, 2.05) is 33.3 Å². The monoisotopic (exact) mass is 1070 g/mol. The van der Waals surface area contributed by atoms with Gasteiger partial charge in [-0.25, -0.2) is 0 Å². The third-order valence-corrected chi connectivity index (χ3v) is 14.9. The van der Waals surface area contributed by atoms with Gasteiger partial charge in [0.1, 0.15) is 19.3 Å². The number of carbonyl (C=O) groups is 2. The summed E-state index contributed by atoms with van der Waals surface area (Å²) >= 11 is 0. The summed E-state index contributed by atoms with van der Waals surface area (Å²) < 4.78 is 30.3. The van der Waals surface area contributed by atoms with Gasteiger partial charge >= 0.3 is 5.97 Å². The first-order valence-electron chi connectivity index (χ1n) is 31.6. The molecule has 0 aliphatic rings. The molecule has 0 radical (unpaired) electrons. The number of quaternary nitrogens is 1. The maximum Gasteiger partial charge on any atom is 0.306 e. The zero-order valence-corrected chi connectivity index (χ0v) is 50.9. The second-order valence-electron chi connectivity index (χ2n) is 22.6. The molecule has 0 aromatic rings. The van der Waals surface area contributed by atoms with Crippen LogP contribution in [-0.2, 0) is 27.9 Å². The van der Waals surface area contributed by atoms with Crippen LogP contribution in [0.1, 0.15) is 290 Å². The Hall–Kier alpha value is -2.29. The highest BCUT2D eigenvalue weighted by Gasteiger charge is 2.27. The molecule has 1 amide bonds. The summed E-state index contributed by atoms with van der Waals surface area (Å²) in [6, 6.07) is -0.895. The molecule has 0 bridgehead atoms. The number of amides is 1. The average Bonchev–Trinajstić information content (AvgIpc) is 3.37. The van der Waals surface area contributed by atoms with Crippen molar-refractivity contribution in [1.82, 2.24) is 5.32 Å². The number of ether oxygens (including phenoxy) is 1. The molecular formula is C65H121N2O7P. The number of likely N-dealkylation sites (N-methyl/N-ethyl adjacent to an activating group) is 1. The van der Waals surface area contributed by atoms with Gasteiger partial charge in [0.15, 0.2) is 0 Å². The van der Waals surface area contributed by atoms with Gasteiger partial charge in [-0.05, 0) is 96.0 Å². The normalized spacial score (nSPS) is 14.1. The van der Waals surface area contributed by atoms with Crippen molar-refractivity contribution in [2.45, 2.75) is 303 Å². The number of carbonyl (C=O) groups excluding carboxylic acids is 2. The number of unbranched alkanes of at least 4 members (excludes halogenated alkanes) is 33. The lowest BCUT2D eigenvalue weighted by Gasteiger charge is -2.30. The SMILES string of the molecule is CCCCC/C=C\C/C=C\CCCCCCCCCCCC(=O)NC(COP(=O)([O-])OCC[N+](C)(C)C)C(/C=C/CCCCCCCCCCCCC)OC(=O)CCCCCCCCC/C=C\C/C=C\CCCCC. The molecule has 0 saturated carbocycles. The Bertz CT molecular complexity index is 1470. The number of phosphoric ester groups is 1. The minimum absolute atomic E-state index is 0.0253. The molecule has 75 heavy (non-hydrogen) atoms. The van der Waals surface area contributed by atoms with Crippen LogP contribution in [0.4, 0.5) is 0 Å². The van der Waals surface area contributed by atoms with Crippen LogP contribution in [0.15, 0.2) is 60.8 Å². The Kier molecular flexibility index (Phi) is 53.4. The van der Waals surface area contributed by atoms with Gasteiger partial charge in [0.05, 0.1) is 33.8 Å². The van der Waals surface area contributed by atoms with E-state index in [1.54, 1.807) is 0 Å². The third kappa shape index (κ3) is 56.2. The lowest BCUT2D eigenvalue weighted by molar-refractivity contribution is -0.870. The number of nitrogens with zero attached hydrogens (tertiary/aromatic N) is 1. The molecule has 438 valence electrons. The number of rotatable bonds is 57. The number of esters is 1. The van der Waals surface area contributed by atoms with Gasteiger partial charge < -0.3 is 28.5 Å². The van der Waals surface area contributed by atoms with E-state index in [9.17, 15) is 19.0 Å². The van der Waals surface area contributed by atoms with Gasteiger partial charge in [0.25, 0.3) is 7.82 Å². The molecule has 0 heterocycles. The first-order chi connectivity index (χ1) is 36.4. The number of nitrogens with one attached hydrogen (secondary N) is 1. The van der Waals surface area contributed by atoms with E-state index in [0.717, 1.165) is 96.3 Å². The number of allylic oxidation sites excluding steroid dienone is 9. The van der Waals surface area contributed by atoms with E-state index < -0.39 is 26.6 Å². The van der Waals surface area contributed by atoms with Crippen molar-refractivity contribution in [3.63, 3.8) is 0 Å². The molecule has 10 heteroatoms. The highest BCUT2D eigenvalue weighted by Crippen LogP contribution is 2.38. The minimum Gasteiger partial charge on any atom is -0.756 e. The molecule has 9 nitrogen and oxygen atoms in total. The fourth-order valence-corrected chi connectivity index (χ4v) is 9.72. The molecule has 0 aliphatic heterocycles. The van der Waals surface area contributed by atoms with Crippen molar-refractivity contribution in [2.24, 2.45) is 0 Å². The van der Waals surface area contributed by atoms with Gasteiger partial charge in [0.2, 0.25) is 5.91 Å². The Balaban J connectivity index is 5.28. The van der Waals surface area contributed by atoms with Gasteiger partial charge in [-0.2, -0.15) is 0 Å². The molecule has 0 saturated heterocycles. The van der Waals surface area contributed by atoms with Gasteiger partial charge in [-0.1, -0.05) is 242 Å². The van der Waals surface area contributed by atoms with E-state index in [1.165, 1.54) is 161 Å². The maximum atomic E-state index is 13.5. The van der Waals surface area contributed by atoms with Gasteiger partial charge in [-0.15, -0.1) is 0 Å². The maximum absolute atomic E-state index is 13.5. The zero-order valence-electron chi connectivity index (χ0n) is 50.0. The van der Waals surface area contributed by atoms with Crippen molar-refractivity contribution < 1.29 is 37.3 Å². The fourth-order valence-electron chi connectivity index (χ4n) is 8.99. The van der Waals surface area contributed by atoms with Crippen LogP contribution in [0.3, 0.4) is 0 Å². The van der Waals surface area contributed by atoms with E-state index in [-0.39, 0.29) is 24.9 Å². The molecule has 3 unspecified atom stereocenters. The van der Waals surface area contributed by atoms with Crippen LogP contribution in [-0.4, -0.2) is 69.4 Å². The second-order valence-corrected chi connectivity index (χ2v) is 24.0. The standard InChI is InChI=1S/C65H121N2O7P/c1-7-10-13-16-19-22-25-28-30-32-33-35-36-39-42-45-48-51-54-57-64(68)66-62(61-73-75(70,71)72-60-59-67(4,5)6)63(56-53-50-47-44-41-38-27-24-21-18-15-12-9-3)74-65(69)58-55-52-49-46-43-40-37-34-31-29-26-23-20-17-14-11-8-2/h19-20,22-23,28-31,53,56,62-63H,7-18,21,24-27,32-52,54-55,57-61H2,1-6H3,(H-,66,68,70,71)/b22-19-,23-20-,30-28-,31-29-,56-53+. The number of hydrogen-bond acceptors (Lipinski definition) is 7. The van der Waals surface area contributed by atoms with Crippen LogP contribution in [0.5, 0.6) is 0 Å². The van der Waals surface area contributed by atoms with Crippen LogP contribution in [0.2, 0.25) is 0 Å². The fraction of sp³-hybridized carbons (Fsp3) is 0.815. The van der Waals surface area contributed by atoms with Crippen molar-refractivity contribution in [2.75, 3.05) is 40.9 Å².